The van der Waals surface area contributed by atoms with E-state index < -0.39 is 0 Å². The summed E-state index contributed by atoms with van der Waals surface area (Å²) in [5.74, 6) is 1.85. The molecule has 0 aliphatic rings. The van der Waals surface area contributed by atoms with E-state index in [4.69, 9.17) is 9.47 Å². The number of rotatable bonds is 6. The van der Waals surface area contributed by atoms with Gasteiger partial charge in [0, 0.05) is 24.3 Å². The summed E-state index contributed by atoms with van der Waals surface area (Å²) in [6, 6.07) is 3.67. The van der Waals surface area contributed by atoms with E-state index in [1.165, 1.54) is 11.8 Å². The summed E-state index contributed by atoms with van der Waals surface area (Å²) < 4.78 is 10.2. The first-order chi connectivity index (χ1) is 8.67. The van der Waals surface area contributed by atoms with Crippen molar-refractivity contribution in [2.24, 2.45) is 0 Å². The molecular weight excluding hydrogens is 250 g/mol. The summed E-state index contributed by atoms with van der Waals surface area (Å²) in [6.07, 6.45) is 4.77. The van der Waals surface area contributed by atoms with Crippen LogP contribution in [0.3, 0.4) is 0 Å². The maximum atomic E-state index is 10.7. The molecule has 1 aromatic rings. The number of nitrogens with zero attached hydrogens (tertiary/aromatic N) is 1. The molecule has 0 unspecified atom stereocenters. The number of pyridine rings is 1. The molecule has 0 saturated carbocycles. The Morgan fingerprint density at radius 2 is 2.17 bits per heavy atom. The van der Waals surface area contributed by atoms with Crippen LogP contribution in [0, 0.1) is 0 Å². The van der Waals surface area contributed by atoms with Gasteiger partial charge in [-0.1, -0.05) is 23.9 Å². The van der Waals surface area contributed by atoms with Crippen molar-refractivity contribution in [1.29, 1.82) is 0 Å². The Balaban J connectivity index is 2.60. The number of thioether (sulfide) groups is 1. The molecule has 0 aliphatic heterocycles. The summed E-state index contributed by atoms with van der Waals surface area (Å²) in [6.45, 7) is 1.57. The smallest absolute Gasteiger partial charge is 0.223 e. The molecule has 1 rings (SSSR count). The molecule has 4 nitrogen and oxygen atoms in total. The predicted molar refractivity (Wildman–Crippen MR) is 74.1 cm³/mol. The second-order valence-corrected chi connectivity index (χ2v) is 4.76. The van der Waals surface area contributed by atoms with Crippen molar-refractivity contribution in [3.63, 3.8) is 0 Å². The van der Waals surface area contributed by atoms with E-state index >= 15 is 0 Å². The molecule has 0 amide bonds. The van der Waals surface area contributed by atoms with Crippen LogP contribution in [0.15, 0.2) is 18.2 Å². The van der Waals surface area contributed by atoms with Crippen LogP contribution in [0.2, 0.25) is 0 Å². The number of methoxy groups -OCH3 is 2. The lowest BCUT2D eigenvalue weighted by molar-refractivity contribution is -0.109. The lowest BCUT2D eigenvalue weighted by Crippen LogP contribution is -1.94. The average Bonchev–Trinajstić information content (AvgIpc) is 2.38. The zero-order valence-electron chi connectivity index (χ0n) is 10.8. The van der Waals surface area contributed by atoms with Gasteiger partial charge < -0.3 is 9.47 Å². The van der Waals surface area contributed by atoms with E-state index in [1.807, 2.05) is 18.2 Å². The molecule has 1 aromatic heterocycles. The molecule has 1 heterocycles. The van der Waals surface area contributed by atoms with Gasteiger partial charge in [0.05, 0.1) is 14.2 Å². The standard InChI is InChI=1S/C13H17NO3S/c1-10(15)18-9-5-4-6-11-7-8-12(16-2)14-13(11)17-3/h4,6-8H,5,9H2,1-3H3. The van der Waals surface area contributed by atoms with E-state index in [1.54, 1.807) is 27.2 Å². The molecule has 0 aliphatic carbocycles. The van der Waals surface area contributed by atoms with Crippen LogP contribution in [-0.2, 0) is 4.79 Å². The fourth-order valence-electron chi connectivity index (χ4n) is 1.32. The zero-order chi connectivity index (χ0) is 13.4. The molecule has 0 radical (unpaired) electrons. The van der Waals surface area contributed by atoms with Gasteiger partial charge in [-0.15, -0.1) is 0 Å². The van der Waals surface area contributed by atoms with Crippen molar-refractivity contribution in [2.75, 3.05) is 20.0 Å². The lowest BCUT2D eigenvalue weighted by Gasteiger charge is -2.05. The van der Waals surface area contributed by atoms with E-state index in [2.05, 4.69) is 4.98 Å². The molecule has 0 N–H and O–H groups in total. The summed E-state index contributed by atoms with van der Waals surface area (Å²) >= 11 is 1.33. The molecule has 0 atom stereocenters. The molecule has 0 saturated heterocycles. The highest BCUT2D eigenvalue weighted by Gasteiger charge is 2.03. The number of hydrogen-bond donors (Lipinski definition) is 0. The molecule has 0 fully saturated rings. The summed E-state index contributed by atoms with van der Waals surface area (Å²) in [5.41, 5.74) is 0.895. The van der Waals surface area contributed by atoms with Crippen molar-refractivity contribution >= 4 is 23.0 Å². The second kappa shape index (κ2) is 7.76. The van der Waals surface area contributed by atoms with Gasteiger partial charge in [0.1, 0.15) is 0 Å². The number of allylic oxidation sites excluding steroid dienone is 1. The predicted octanol–water partition coefficient (Wildman–Crippen LogP) is 2.78. The van der Waals surface area contributed by atoms with Gasteiger partial charge >= 0.3 is 0 Å². The summed E-state index contributed by atoms with van der Waals surface area (Å²) in [7, 11) is 3.14. The number of carbonyl (C=O) groups excluding carboxylic acids is 1. The van der Waals surface area contributed by atoms with Crippen molar-refractivity contribution in [2.45, 2.75) is 13.3 Å². The van der Waals surface area contributed by atoms with Crippen molar-refractivity contribution in [3.8, 4) is 11.8 Å². The lowest BCUT2D eigenvalue weighted by atomic mass is 10.2. The first-order valence-electron chi connectivity index (χ1n) is 5.56. The Bertz CT molecular complexity index is 432. The third-order valence-electron chi connectivity index (χ3n) is 2.15. The molecule has 0 spiro atoms. The fraction of sp³-hybridized carbons (Fsp3) is 0.385. The minimum absolute atomic E-state index is 0.145. The Labute approximate surface area is 111 Å². The van der Waals surface area contributed by atoms with Gasteiger partial charge in [0.15, 0.2) is 5.12 Å². The SMILES string of the molecule is COc1ccc(C=CCCSC(C)=O)c(OC)n1. The molecule has 18 heavy (non-hydrogen) atoms. The van der Waals surface area contributed by atoms with Gasteiger partial charge in [0.25, 0.3) is 0 Å². The van der Waals surface area contributed by atoms with Crippen LogP contribution in [0.25, 0.3) is 6.08 Å². The number of ether oxygens (including phenoxy) is 2. The molecular formula is C13H17NO3S. The monoisotopic (exact) mass is 267 g/mol. The average molecular weight is 267 g/mol. The largest absolute Gasteiger partial charge is 0.481 e. The summed E-state index contributed by atoms with van der Waals surface area (Å²) in [5, 5.41) is 0.145. The van der Waals surface area contributed by atoms with Crippen LogP contribution in [-0.4, -0.2) is 30.1 Å². The Morgan fingerprint density at radius 1 is 1.39 bits per heavy atom. The highest BCUT2D eigenvalue weighted by Crippen LogP contribution is 2.21. The van der Waals surface area contributed by atoms with Gasteiger partial charge in [0.2, 0.25) is 11.8 Å². The van der Waals surface area contributed by atoms with E-state index in [9.17, 15) is 4.79 Å². The number of aromatic nitrogens is 1. The van der Waals surface area contributed by atoms with Crippen LogP contribution < -0.4 is 9.47 Å². The Morgan fingerprint density at radius 3 is 2.78 bits per heavy atom. The highest BCUT2D eigenvalue weighted by atomic mass is 32.2. The van der Waals surface area contributed by atoms with Crippen molar-refractivity contribution in [3.05, 3.63) is 23.8 Å². The topological polar surface area (TPSA) is 48.4 Å². The fourth-order valence-corrected chi connectivity index (χ4v) is 1.86. The Hall–Kier alpha value is -1.49. The van der Waals surface area contributed by atoms with Crippen molar-refractivity contribution < 1.29 is 14.3 Å². The first-order valence-corrected chi connectivity index (χ1v) is 6.55. The molecule has 5 heteroatoms. The Kier molecular flexibility index (Phi) is 6.28. The normalized spacial score (nSPS) is 10.6. The van der Waals surface area contributed by atoms with Crippen molar-refractivity contribution in [1.82, 2.24) is 4.98 Å². The van der Waals surface area contributed by atoms with E-state index in [0.29, 0.717) is 11.8 Å². The van der Waals surface area contributed by atoms with Gasteiger partial charge in [-0.2, -0.15) is 4.98 Å². The summed E-state index contributed by atoms with van der Waals surface area (Å²) in [4.78, 5) is 14.9. The molecule has 0 aromatic carbocycles. The van der Waals surface area contributed by atoms with Crippen LogP contribution in [0.5, 0.6) is 11.8 Å². The minimum Gasteiger partial charge on any atom is -0.481 e. The molecule has 0 bridgehead atoms. The highest BCUT2D eigenvalue weighted by molar-refractivity contribution is 8.13. The van der Waals surface area contributed by atoms with Gasteiger partial charge in [-0.05, 0) is 12.5 Å². The quantitative estimate of drug-likeness (QED) is 0.742. The minimum atomic E-state index is 0.145. The number of hydrogen-bond acceptors (Lipinski definition) is 5. The molecule has 98 valence electrons. The second-order valence-electron chi connectivity index (χ2n) is 3.48. The zero-order valence-corrected chi connectivity index (χ0v) is 11.6. The first kappa shape index (κ1) is 14.6. The third-order valence-corrected chi connectivity index (χ3v) is 3.00. The number of carbonyl (C=O) groups is 1. The van der Waals surface area contributed by atoms with Crippen LogP contribution in [0.4, 0.5) is 0 Å². The third kappa shape index (κ3) is 4.79. The van der Waals surface area contributed by atoms with Gasteiger partial charge in [-0.3, -0.25) is 4.79 Å². The maximum Gasteiger partial charge on any atom is 0.223 e. The maximum absolute atomic E-state index is 10.7. The van der Waals surface area contributed by atoms with Crippen LogP contribution >= 0.6 is 11.8 Å². The van der Waals surface area contributed by atoms with Crippen LogP contribution in [0.1, 0.15) is 18.9 Å². The van der Waals surface area contributed by atoms with E-state index in [-0.39, 0.29) is 5.12 Å². The van der Waals surface area contributed by atoms with E-state index in [0.717, 1.165) is 17.7 Å². The van der Waals surface area contributed by atoms with Gasteiger partial charge in [-0.25, -0.2) is 0 Å².